The van der Waals surface area contributed by atoms with Gasteiger partial charge >= 0.3 is 0 Å². The fraction of sp³-hybridized carbons (Fsp3) is 0. The fourth-order valence-corrected chi connectivity index (χ4v) is 5.50. The number of aromatic nitrogens is 2. The van der Waals surface area contributed by atoms with Gasteiger partial charge in [0.25, 0.3) is 0 Å². The standard InChI is InChI=1S/C27H18N2Si/c1-3-14-24-22(12-1)23-13-2-4-15-25(23)29(24)20-10-6-11-21(18-20)30-26-16-5-8-19-9-7-17-28-27(19)26/h1-18H. The lowest BCUT2D eigenvalue weighted by molar-refractivity contribution is 1.18. The van der Waals surface area contributed by atoms with E-state index >= 15 is 0 Å². The van der Waals surface area contributed by atoms with Gasteiger partial charge in [-0.05, 0) is 35.5 Å². The summed E-state index contributed by atoms with van der Waals surface area (Å²) in [5.74, 6) is 0. The molecule has 2 heterocycles. The number of para-hydroxylation sites is 3. The molecule has 0 N–H and O–H groups in total. The summed E-state index contributed by atoms with van der Waals surface area (Å²) in [4.78, 5) is 4.63. The highest BCUT2D eigenvalue weighted by Crippen LogP contribution is 2.31. The van der Waals surface area contributed by atoms with Gasteiger partial charge < -0.3 is 4.57 Å². The van der Waals surface area contributed by atoms with Crippen molar-refractivity contribution in [2.75, 3.05) is 0 Å². The highest BCUT2D eigenvalue weighted by atomic mass is 28.2. The Kier molecular flexibility index (Phi) is 4.00. The number of hydrogen-bond donors (Lipinski definition) is 0. The lowest BCUT2D eigenvalue weighted by atomic mass is 10.2. The van der Waals surface area contributed by atoms with Gasteiger partial charge in [-0.2, -0.15) is 0 Å². The van der Waals surface area contributed by atoms with E-state index in [-0.39, 0.29) is 0 Å². The highest BCUT2D eigenvalue weighted by molar-refractivity contribution is 6.69. The Bertz CT molecular complexity index is 1470. The van der Waals surface area contributed by atoms with Crippen molar-refractivity contribution >= 4 is 52.6 Å². The molecule has 2 radical (unpaired) electrons. The van der Waals surface area contributed by atoms with Crippen molar-refractivity contribution in [2.24, 2.45) is 0 Å². The molecular formula is C27H18N2Si. The van der Waals surface area contributed by atoms with Crippen LogP contribution in [0.2, 0.25) is 0 Å². The SMILES string of the molecule is c1cc([Si]c2cccc3cccnc23)cc(-n2c3ccccc3c3ccccc32)c1. The molecule has 0 unspecified atom stereocenters. The van der Waals surface area contributed by atoms with Crippen molar-refractivity contribution in [2.45, 2.75) is 0 Å². The number of nitrogens with zero attached hydrogens (tertiary/aromatic N) is 2. The van der Waals surface area contributed by atoms with Gasteiger partial charge in [-0.1, -0.05) is 78.0 Å². The van der Waals surface area contributed by atoms with Crippen LogP contribution in [0, 0.1) is 0 Å². The van der Waals surface area contributed by atoms with E-state index in [2.05, 4.69) is 107 Å². The second-order valence-electron chi connectivity index (χ2n) is 7.43. The molecule has 2 nitrogen and oxygen atoms in total. The van der Waals surface area contributed by atoms with E-state index < -0.39 is 0 Å². The average Bonchev–Trinajstić information content (AvgIpc) is 3.14. The molecule has 30 heavy (non-hydrogen) atoms. The maximum absolute atomic E-state index is 4.63. The molecule has 0 spiro atoms. The number of pyridine rings is 1. The van der Waals surface area contributed by atoms with Crippen LogP contribution in [-0.4, -0.2) is 19.1 Å². The number of rotatable bonds is 3. The van der Waals surface area contributed by atoms with Gasteiger partial charge in [0.2, 0.25) is 0 Å². The third-order valence-electron chi connectivity index (χ3n) is 5.60. The van der Waals surface area contributed by atoms with Crippen LogP contribution in [0.1, 0.15) is 0 Å². The van der Waals surface area contributed by atoms with Gasteiger partial charge in [-0.15, -0.1) is 0 Å². The monoisotopic (exact) mass is 398 g/mol. The Labute approximate surface area is 177 Å². The molecule has 4 aromatic carbocycles. The number of benzene rings is 4. The van der Waals surface area contributed by atoms with Crippen LogP contribution < -0.4 is 10.4 Å². The molecule has 0 aliphatic heterocycles. The third kappa shape index (κ3) is 2.75. The zero-order chi connectivity index (χ0) is 19.9. The summed E-state index contributed by atoms with van der Waals surface area (Å²) in [7, 11) is 0.559. The lowest BCUT2D eigenvalue weighted by Gasteiger charge is -2.10. The predicted molar refractivity (Wildman–Crippen MR) is 128 cm³/mol. The Morgan fingerprint density at radius 3 is 2.13 bits per heavy atom. The summed E-state index contributed by atoms with van der Waals surface area (Å²) in [5, 5.41) is 6.37. The maximum atomic E-state index is 4.63. The summed E-state index contributed by atoms with van der Waals surface area (Å²) in [5.41, 5.74) is 4.78. The molecular weight excluding hydrogens is 380 g/mol. The first-order valence-electron chi connectivity index (χ1n) is 10.1. The average molecular weight is 399 g/mol. The molecule has 0 saturated carbocycles. The van der Waals surface area contributed by atoms with E-state index in [1.165, 1.54) is 43.3 Å². The van der Waals surface area contributed by atoms with Gasteiger partial charge in [-0.3, -0.25) is 4.98 Å². The minimum absolute atomic E-state index is 0.559. The summed E-state index contributed by atoms with van der Waals surface area (Å²) < 4.78 is 2.37. The summed E-state index contributed by atoms with van der Waals surface area (Å²) >= 11 is 0. The minimum atomic E-state index is 0.559. The van der Waals surface area contributed by atoms with Crippen molar-refractivity contribution in [3.05, 3.63) is 109 Å². The minimum Gasteiger partial charge on any atom is -0.309 e. The number of fused-ring (bicyclic) bond motifs is 4. The van der Waals surface area contributed by atoms with Crippen LogP contribution in [0.5, 0.6) is 0 Å². The van der Waals surface area contributed by atoms with Crippen LogP contribution in [0.25, 0.3) is 38.4 Å². The quantitative estimate of drug-likeness (QED) is 0.384. The molecule has 0 bridgehead atoms. The first-order chi connectivity index (χ1) is 14.9. The highest BCUT2D eigenvalue weighted by Gasteiger charge is 2.12. The van der Waals surface area contributed by atoms with Crippen molar-refractivity contribution in [1.82, 2.24) is 9.55 Å². The molecule has 3 heteroatoms. The van der Waals surface area contributed by atoms with E-state index in [1.807, 2.05) is 12.3 Å². The van der Waals surface area contributed by atoms with Crippen molar-refractivity contribution in [3.8, 4) is 5.69 Å². The maximum Gasteiger partial charge on any atom is 0.124 e. The van der Waals surface area contributed by atoms with E-state index in [0.29, 0.717) is 9.52 Å². The van der Waals surface area contributed by atoms with Crippen LogP contribution >= 0.6 is 0 Å². The Balaban J connectivity index is 1.51. The van der Waals surface area contributed by atoms with Gasteiger partial charge in [0, 0.05) is 28.0 Å². The number of hydrogen-bond acceptors (Lipinski definition) is 1. The molecule has 6 rings (SSSR count). The molecule has 0 saturated heterocycles. The van der Waals surface area contributed by atoms with E-state index in [4.69, 9.17) is 0 Å². The smallest absolute Gasteiger partial charge is 0.124 e. The molecule has 0 atom stereocenters. The van der Waals surface area contributed by atoms with Gasteiger partial charge in [0.1, 0.15) is 9.52 Å². The van der Waals surface area contributed by atoms with Crippen molar-refractivity contribution in [1.29, 1.82) is 0 Å². The summed E-state index contributed by atoms with van der Waals surface area (Å²) in [6, 6.07) is 36.8. The molecule has 140 valence electrons. The van der Waals surface area contributed by atoms with Gasteiger partial charge in [0.05, 0.1) is 16.6 Å². The summed E-state index contributed by atoms with van der Waals surface area (Å²) in [6.45, 7) is 0. The van der Waals surface area contributed by atoms with E-state index in [1.54, 1.807) is 0 Å². The topological polar surface area (TPSA) is 17.8 Å². The van der Waals surface area contributed by atoms with Crippen molar-refractivity contribution < 1.29 is 0 Å². The molecule has 6 aromatic rings. The van der Waals surface area contributed by atoms with E-state index in [0.717, 1.165) is 5.52 Å². The Morgan fingerprint density at radius 2 is 1.33 bits per heavy atom. The van der Waals surface area contributed by atoms with Crippen LogP contribution in [0.3, 0.4) is 0 Å². The second-order valence-corrected chi connectivity index (χ2v) is 8.79. The van der Waals surface area contributed by atoms with Crippen molar-refractivity contribution in [3.63, 3.8) is 0 Å². The van der Waals surface area contributed by atoms with Gasteiger partial charge in [-0.25, -0.2) is 0 Å². The lowest BCUT2D eigenvalue weighted by Crippen LogP contribution is -2.28. The molecule has 0 fully saturated rings. The van der Waals surface area contributed by atoms with Crippen LogP contribution in [0.15, 0.2) is 109 Å². The zero-order valence-electron chi connectivity index (χ0n) is 16.3. The molecule has 0 aliphatic carbocycles. The first kappa shape index (κ1) is 17.2. The van der Waals surface area contributed by atoms with Crippen LogP contribution in [-0.2, 0) is 0 Å². The summed E-state index contributed by atoms with van der Waals surface area (Å²) in [6.07, 6.45) is 1.88. The van der Waals surface area contributed by atoms with E-state index in [9.17, 15) is 0 Å². The fourth-order valence-electron chi connectivity index (χ4n) is 4.28. The molecule has 2 aromatic heterocycles. The predicted octanol–water partition coefficient (Wildman–Crippen LogP) is 4.99. The van der Waals surface area contributed by atoms with Gasteiger partial charge in [0.15, 0.2) is 0 Å². The van der Waals surface area contributed by atoms with Crippen LogP contribution in [0.4, 0.5) is 0 Å². The Hall–Kier alpha value is -3.69. The Morgan fingerprint density at radius 1 is 0.633 bits per heavy atom. The second kappa shape index (κ2) is 6.97. The molecule has 0 amide bonds. The third-order valence-corrected chi connectivity index (χ3v) is 6.87. The zero-order valence-corrected chi connectivity index (χ0v) is 17.3. The largest absolute Gasteiger partial charge is 0.309 e. The molecule has 0 aliphatic rings. The normalized spacial score (nSPS) is 11.5. The first-order valence-corrected chi connectivity index (χ1v) is 11.1.